The van der Waals surface area contributed by atoms with Crippen LogP contribution in [0.4, 0.5) is 11.4 Å². The van der Waals surface area contributed by atoms with Gasteiger partial charge >= 0.3 is 0 Å². The first-order valence-corrected chi connectivity index (χ1v) is 13.6. The van der Waals surface area contributed by atoms with Crippen LogP contribution in [0.3, 0.4) is 0 Å². The Labute approximate surface area is 237 Å². The standard InChI is InChI=1S/C34H28N2O5/c1-34-29-24-13-6-4-11-22(24)28(23-12-5-7-14-25(23)29)30(34)32(38)36(33(34)39)20-10-8-9-19(17-20)31(37)35-26-16-15-21(40-2)18-27(26)41-3/h4-18,28-30H,1-3H3,(H,35,37)/t28?,29?,30-,34-/m1/s1. The van der Waals surface area contributed by atoms with Gasteiger partial charge in [-0.1, -0.05) is 54.6 Å². The molecule has 3 aliphatic carbocycles. The molecule has 4 aromatic carbocycles. The molecule has 0 spiro atoms. The van der Waals surface area contributed by atoms with Crippen molar-refractivity contribution in [3.05, 3.63) is 119 Å². The van der Waals surface area contributed by atoms with Gasteiger partial charge in [0.1, 0.15) is 11.5 Å². The Morgan fingerprint density at radius 2 is 1.46 bits per heavy atom. The molecule has 1 N–H and O–H groups in total. The number of anilines is 2. The molecule has 2 atom stereocenters. The number of imide groups is 1. The third kappa shape index (κ3) is 3.41. The molecule has 41 heavy (non-hydrogen) atoms. The normalized spacial score (nSPS) is 23.5. The van der Waals surface area contributed by atoms with Crippen LogP contribution >= 0.6 is 0 Å². The van der Waals surface area contributed by atoms with E-state index in [9.17, 15) is 14.4 Å². The fraction of sp³-hybridized carbons (Fsp3) is 0.206. The van der Waals surface area contributed by atoms with Crippen LogP contribution in [0.1, 0.15) is 51.4 Å². The highest BCUT2D eigenvalue weighted by atomic mass is 16.5. The molecule has 3 amide bonds. The van der Waals surface area contributed by atoms with Gasteiger partial charge in [-0.05, 0) is 59.5 Å². The van der Waals surface area contributed by atoms with Crippen molar-refractivity contribution in [3.63, 3.8) is 0 Å². The van der Waals surface area contributed by atoms with E-state index in [4.69, 9.17) is 9.47 Å². The summed E-state index contributed by atoms with van der Waals surface area (Å²) in [5, 5.41) is 2.87. The van der Waals surface area contributed by atoms with Crippen LogP contribution in [0.25, 0.3) is 0 Å². The minimum absolute atomic E-state index is 0.215. The lowest BCUT2D eigenvalue weighted by molar-refractivity contribution is -0.128. The molecule has 4 aromatic rings. The van der Waals surface area contributed by atoms with Gasteiger partial charge < -0.3 is 14.8 Å². The van der Waals surface area contributed by atoms with E-state index in [0.29, 0.717) is 28.4 Å². The van der Waals surface area contributed by atoms with E-state index in [1.165, 1.54) is 12.0 Å². The maximum atomic E-state index is 14.4. The lowest BCUT2D eigenvalue weighted by Crippen LogP contribution is -2.49. The third-order valence-corrected chi connectivity index (χ3v) is 9.04. The van der Waals surface area contributed by atoms with Gasteiger partial charge in [-0.15, -0.1) is 0 Å². The smallest absolute Gasteiger partial charge is 0.255 e. The van der Waals surface area contributed by atoms with Crippen molar-refractivity contribution in [2.75, 3.05) is 24.4 Å². The van der Waals surface area contributed by atoms with Crippen LogP contribution < -0.4 is 19.7 Å². The molecule has 0 saturated carbocycles. The Balaban J connectivity index is 1.26. The highest BCUT2D eigenvalue weighted by Crippen LogP contribution is 2.67. The Kier molecular flexibility index (Phi) is 5.54. The molecular formula is C34H28N2O5. The van der Waals surface area contributed by atoms with Crippen molar-refractivity contribution < 1.29 is 23.9 Å². The van der Waals surface area contributed by atoms with Crippen molar-refractivity contribution in [3.8, 4) is 11.5 Å². The zero-order chi connectivity index (χ0) is 28.5. The molecule has 1 saturated heterocycles. The first kappa shape index (κ1) is 25.1. The number of amides is 3. The van der Waals surface area contributed by atoms with E-state index in [-0.39, 0.29) is 23.7 Å². The second-order valence-corrected chi connectivity index (χ2v) is 11.0. The molecule has 0 radical (unpaired) electrons. The number of nitrogens with one attached hydrogen (secondary N) is 1. The summed E-state index contributed by atoms with van der Waals surface area (Å²) in [7, 11) is 3.07. The minimum Gasteiger partial charge on any atom is -0.497 e. The van der Waals surface area contributed by atoms with Gasteiger partial charge in [-0.2, -0.15) is 0 Å². The first-order chi connectivity index (χ1) is 19.9. The van der Waals surface area contributed by atoms with E-state index < -0.39 is 17.2 Å². The fourth-order valence-corrected chi connectivity index (χ4v) is 7.24. The van der Waals surface area contributed by atoms with E-state index in [1.807, 2.05) is 31.2 Å². The molecule has 204 valence electrons. The van der Waals surface area contributed by atoms with Crippen molar-refractivity contribution in [1.82, 2.24) is 0 Å². The fourth-order valence-electron chi connectivity index (χ4n) is 7.24. The number of nitrogens with zero attached hydrogens (tertiary/aromatic N) is 1. The second-order valence-electron chi connectivity index (χ2n) is 11.0. The number of ether oxygens (including phenoxy) is 2. The Morgan fingerprint density at radius 1 is 0.805 bits per heavy atom. The number of methoxy groups -OCH3 is 2. The van der Waals surface area contributed by atoms with Crippen molar-refractivity contribution >= 4 is 29.1 Å². The van der Waals surface area contributed by atoms with Crippen LogP contribution in [0.2, 0.25) is 0 Å². The molecule has 7 heteroatoms. The minimum atomic E-state index is -0.945. The van der Waals surface area contributed by atoms with Gasteiger partial charge in [0.25, 0.3) is 5.91 Å². The average molecular weight is 545 g/mol. The lowest BCUT2D eigenvalue weighted by Gasteiger charge is -2.51. The van der Waals surface area contributed by atoms with Crippen LogP contribution in [-0.4, -0.2) is 31.9 Å². The van der Waals surface area contributed by atoms with Crippen molar-refractivity contribution in [1.29, 1.82) is 0 Å². The summed E-state index contributed by atoms with van der Waals surface area (Å²) < 4.78 is 10.7. The molecule has 4 aliphatic rings. The molecule has 1 fully saturated rings. The summed E-state index contributed by atoms with van der Waals surface area (Å²) >= 11 is 0. The van der Waals surface area contributed by atoms with E-state index in [0.717, 1.165) is 22.3 Å². The lowest BCUT2D eigenvalue weighted by atomic mass is 9.48. The Morgan fingerprint density at radius 3 is 2.10 bits per heavy atom. The Hall–Kier alpha value is -4.91. The number of carbonyl (C=O) groups is 3. The summed E-state index contributed by atoms with van der Waals surface area (Å²) in [6.07, 6.45) is 0. The van der Waals surface area contributed by atoms with Crippen molar-refractivity contribution in [2.24, 2.45) is 11.3 Å². The number of carbonyl (C=O) groups excluding carboxylic acids is 3. The van der Waals surface area contributed by atoms with Gasteiger partial charge in [0.15, 0.2) is 0 Å². The van der Waals surface area contributed by atoms with E-state index in [1.54, 1.807) is 49.6 Å². The van der Waals surface area contributed by atoms with E-state index >= 15 is 0 Å². The highest BCUT2D eigenvalue weighted by Gasteiger charge is 2.68. The van der Waals surface area contributed by atoms with Crippen LogP contribution in [0.5, 0.6) is 11.5 Å². The van der Waals surface area contributed by atoms with Gasteiger partial charge in [0.2, 0.25) is 11.8 Å². The predicted octanol–water partition coefficient (Wildman–Crippen LogP) is 5.74. The molecule has 0 aromatic heterocycles. The largest absolute Gasteiger partial charge is 0.497 e. The molecule has 1 heterocycles. The summed E-state index contributed by atoms with van der Waals surface area (Å²) in [5.74, 6) is -0.796. The number of hydrogen-bond donors (Lipinski definition) is 1. The summed E-state index contributed by atoms with van der Waals surface area (Å²) in [4.78, 5) is 43.2. The van der Waals surface area contributed by atoms with Gasteiger partial charge in [0.05, 0.1) is 36.9 Å². The van der Waals surface area contributed by atoms with Gasteiger partial charge in [-0.3, -0.25) is 14.4 Å². The maximum absolute atomic E-state index is 14.4. The molecule has 2 bridgehead atoms. The monoisotopic (exact) mass is 544 g/mol. The summed E-state index contributed by atoms with van der Waals surface area (Å²) in [6, 6.07) is 28.1. The Bertz CT molecular complexity index is 1720. The zero-order valence-corrected chi connectivity index (χ0v) is 22.9. The molecule has 8 rings (SSSR count). The molecular weight excluding hydrogens is 516 g/mol. The number of hydrogen-bond acceptors (Lipinski definition) is 5. The molecule has 7 nitrogen and oxygen atoms in total. The molecule has 0 unspecified atom stereocenters. The SMILES string of the molecule is COc1ccc(NC(=O)c2cccc(N3C(=O)[C@H]4C5c6ccccc6C(c6ccccc65)[C@@]4(C)C3=O)c2)c(OC)c1. The second kappa shape index (κ2) is 9.06. The van der Waals surface area contributed by atoms with E-state index in [2.05, 4.69) is 29.6 Å². The quantitative estimate of drug-likeness (QED) is 0.324. The predicted molar refractivity (Wildman–Crippen MR) is 155 cm³/mol. The van der Waals surface area contributed by atoms with Gasteiger partial charge in [-0.25, -0.2) is 4.90 Å². The number of benzene rings is 4. The maximum Gasteiger partial charge on any atom is 0.255 e. The van der Waals surface area contributed by atoms with Crippen LogP contribution in [0.15, 0.2) is 91.0 Å². The average Bonchev–Trinajstić information content (AvgIpc) is 3.22. The summed E-state index contributed by atoms with van der Waals surface area (Å²) in [5.41, 5.74) is 4.68. The zero-order valence-electron chi connectivity index (χ0n) is 22.9. The van der Waals surface area contributed by atoms with Crippen LogP contribution in [-0.2, 0) is 9.59 Å². The first-order valence-electron chi connectivity index (χ1n) is 13.6. The van der Waals surface area contributed by atoms with Crippen LogP contribution in [0, 0.1) is 11.3 Å². The summed E-state index contributed by atoms with van der Waals surface area (Å²) in [6.45, 7) is 1.94. The number of rotatable bonds is 5. The van der Waals surface area contributed by atoms with Gasteiger partial charge in [0, 0.05) is 23.5 Å². The van der Waals surface area contributed by atoms with Crippen molar-refractivity contribution in [2.45, 2.75) is 18.8 Å². The third-order valence-electron chi connectivity index (χ3n) is 9.04. The topological polar surface area (TPSA) is 84.9 Å². The highest BCUT2D eigenvalue weighted by molar-refractivity contribution is 6.25. The molecule has 1 aliphatic heterocycles.